The highest BCUT2D eigenvalue weighted by Gasteiger charge is 2.18. The zero-order valence-electron chi connectivity index (χ0n) is 12.0. The molecule has 1 N–H and O–H groups in total. The first-order chi connectivity index (χ1) is 8.88. The minimum Gasteiger partial charge on any atom is -0.448 e. The number of nitrogens with one attached hydrogen (secondary N) is 1. The fourth-order valence-electron chi connectivity index (χ4n) is 1.77. The quantitative estimate of drug-likeness (QED) is 0.799. The lowest BCUT2D eigenvalue weighted by Gasteiger charge is -2.25. The van der Waals surface area contributed by atoms with Crippen LogP contribution < -0.4 is 5.32 Å². The van der Waals surface area contributed by atoms with Gasteiger partial charge in [0.15, 0.2) is 0 Å². The molecular weight excluding hydrogens is 248 g/mol. The maximum atomic E-state index is 11.6. The molecule has 1 saturated heterocycles. The molecule has 0 radical (unpaired) electrons. The Kier molecular flexibility index (Phi) is 5.92. The Bertz CT molecular complexity index is 306. The number of hydrogen-bond acceptors (Lipinski definition) is 4. The zero-order chi connectivity index (χ0) is 14.3. The smallest absolute Gasteiger partial charge is 0.409 e. The highest BCUT2D eigenvalue weighted by atomic mass is 16.6. The molecule has 6 heteroatoms. The Morgan fingerprint density at radius 3 is 2.37 bits per heavy atom. The monoisotopic (exact) mass is 272 g/mol. The summed E-state index contributed by atoms with van der Waals surface area (Å²) in [5.74, 6) is 0. The van der Waals surface area contributed by atoms with Crippen molar-refractivity contribution in [3.63, 3.8) is 0 Å². The highest BCUT2D eigenvalue weighted by Crippen LogP contribution is 2.09. The van der Waals surface area contributed by atoms with Crippen molar-refractivity contribution in [3.05, 3.63) is 0 Å². The number of ether oxygens (including phenoxy) is 2. The van der Waals surface area contributed by atoms with Crippen LogP contribution >= 0.6 is 0 Å². The van der Waals surface area contributed by atoms with Crippen LogP contribution in [-0.4, -0.2) is 48.9 Å². The number of carbonyl (C=O) groups is 2. The van der Waals surface area contributed by atoms with E-state index in [1.165, 1.54) is 6.42 Å². The van der Waals surface area contributed by atoms with Gasteiger partial charge in [-0.2, -0.15) is 0 Å². The molecule has 0 atom stereocenters. The predicted octanol–water partition coefficient (Wildman–Crippen LogP) is 2.13. The number of amides is 2. The first-order valence-electron chi connectivity index (χ1n) is 6.77. The molecule has 0 bridgehead atoms. The summed E-state index contributed by atoms with van der Waals surface area (Å²) in [5.41, 5.74) is -0.519. The Labute approximate surface area is 114 Å². The van der Waals surface area contributed by atoms with E-state index in [9.17, 15) is 9.59 Å². The third-order valence-corrected chi connectivity index (χ3v) is 2.61. The van der Waals surface area contributed by atoms with Crippen molar-refractivity contribution in [2.45, 2.75) is 45.6 Å². The summed E-state index contributed by atoms with van der Waals surface area (Å²) in [5, 5.41) is 2.54. The van der Waals surface area contributed by atoms with Gasteiger partial charge in [-0.05, 0) is 40.0 Å². The van der Waals surface area contributed by atoms with Crippen molar-refractivity contribution in [1.29, 1.82) is 0 Å². The molecular formula is C13H24N2O4. The molecule has 0 aromatic rings. The number of hydrogen-bond donors (Lipinski definition) is 1. The Morgan fingerprint density at radius 2 is 1.79 bits per heavy atom. The van der Waals surface area contributed by atoms with Crippen LogP contribution in [0.25, 0.3) is 0 Å². The lowest BCUT2D eigenvalue weighted by atomic mass is 10.1. The molecule has 0 unspecified atom stereocenters. The summed E-state index contributed by atoms with van der Waals surface area (Å²) in [6, 6.07) is 0. The molecule has 1 rings (SSSR count). The van der Waals surface area contributed by atoms with Crippen LogP contribution in [-0.2, 0) is 9.47 Å². The van der Waals surface area contributed by atoms with Gasteiger partial charge in [-0.25, -0.2) is 9.59 Å². The van der Waals surface area contributed by atoms with Crippen molar-refractivity contribution >= 4 is 12.2 Å². The van der Waals surface area contributed by atoms with Gasteiger partial charge in [0.1, 0.15) is 12.2 Å². The molecule has 19 heavy (non-hydrogen) atoms. The van der Waals surface area contributed by atoms with Gasteiger partial charge in [0, 0.05) is 13.1 Å². The number of rotatable bonds is 3. The third-order valence-electron chi connectivity index (χ3n) is 2.61. The molecule has 0 spiro atoms. The molecule has 0 aliphatic carbocycles. The molecule has 0 saturated carbocycles. The van der Waals surface area contributed by atoms with Gasteiger partial charge >= 0.3 is 12.2 Å². The lowest BCUT2D eigenvalue weighted by Crippen LogP contribution is -2.38. The molecule has 1 heterocycles. The number of nitrogens with zero attached hydrogens (tertiary/aromatic N) is 1. The van der Waals surface area contributed by atoms with Gasteiger partial charge in [-0.15, -0.1) is 0 Å². The van der Waals surface area contributed by atoms with E-state index in [4.69, 9.17) is 9.47 Å². The second kappa shape index (κ2) is 7.21. The lowest BCUT2D eigenvalue weighted by molar-refractivity contribution is 0.0500. The first kappa shape index (κ1) is 15.6. The van der Waals surface area contributed by atoms with Crippen LogP contribution in [0.5, 0.6) is 0 Å². The molecule has 1 aliphatic rings. The molecule has 2 amide bonds. The van der Waals surface area contributed by atoms with E-state index >= 15 is 0 Å². The number of piperidine rings is 1. The Balaban J connectivity index is 2.10. The van der Waals surface area contributed by atoms with Gasteiger partial charge in [-0.3, -0.25) is 0 Å². The largest absolute Gasteiger partial charge is 0.448 e. The maximum Gasteiger partial charge on any atom is 0.409 e. The van der Waals surface area contributed by atoms with Crippen LogP contribution in [0.3, 0.4) is 0 Å². The van der Waals surface area contributed by atoms with E-state index in [-0.39, 0.29) is 19.2 Å². The average Bonchev–Trinajstić information content (AvgIpc) is 2.33. The summed E-state index contributed by atoms with van der Waals surface area (Å²) < 4.78 is 10.1. The standard InChI is InChI=1S/C13H24N2O4/c1-13(2,3)19-11(16)14-7-10-18-12(17)15-8-5-4-6-9-15/h4-10H2,1-3H3,(H,14,16). The summed E-state index contributed by atoms with van der Waals surface area (Å²) in [4.78, 5) is 24.7. The number of likely N-dealkylation sites (tertiary alicyclic amines) is 1. The van der Waals surface area contributed by atoms with E-state index in [0.717, 1.165) is 25.9 Å². The normalized spacial score (nSPS) is 15.8. The van der Waals surface area contributed by atoms with Crippen molar-refractivity contribution < 1.29 is 19.1 Å². The maximum absolute atomic E-state index is 11.6. The Morgan fingerprint density at radius 1 is 1.16 bits per heavy atom. The second-order valence-corrected chi connectivity index (χ2v) is 5.59. The summed E-state index contributed by atoms with van der Waals surface area (Å²) >= 11 is 0. The SMILES string of the molecule is CC(C)(C)OC(=O)NCCOC(=O)N1CCCCC1. The number of alkyl carbamates (subject to hydrolysis) is 1. The summed E-state index contributed by atoms with van der Waals surface area (Å²) in [6.07, 6.45) is 2.44. The van der Waals surface area contributed by atoms with E-state index in [0.29, 0.717) is 0 Å². The minimum absolute atomic E-state index is 0.161. The molecule has 6 nitrogen and oxygen atoms in total. The third kappa shape index (κ3) is 6.88. The summed E-state index contributed by atoms with van der Waals surface area (Å²) in [6.45, 7) is 7.33. The van der Waals surface area contributed by atoms with Gasteiger partial charge in [-0.1, -0.05) is 0 Å². The molecule has 0 aromatic carbocycles. The average molecular weight is 272 g/mol. The topological polar surface area (TPSA) is 67.9 Å². The van der Waals surface area contributed by atoms with Crippen LogP contribution in [0.15, 0.2) is 0 Å². The Hall–Kier alpha value is -1.46. The van der Waals surface area contributed by atoms with Crippen molar-refractivity contribution in [3.8, 4) is 0 Å². The molecule has 1 fully saturated rings. The highest BCUT2D eigenvalue weighted by molar-refractivity contribution is 5.68. The molecule has 110 valence electrons. The van der Waals surface area contributed by atoms with Crippen LogP contribution in [0, 0.1) is 0 Å². The fourth-order valence-corrected chi connectivity index (χ4v) is 1.77. The zero-order valence-corrected chi connectivity index (χ0v) is 12.0. The van der Waals surface area contributed by atoms with Crippen molar-refractivity contribution in [2.24, 2.45) is 0 Å². The van der Waals surface area contributed by atoms with Gasteiger partial charge in [0.25, 0.3) is 0 Å². The summed E-state index contributed by atoms with van der Waals surface area (Å²) in [7, 11) is 0. The van der Waals surface area contributed by atoms with Crippen LogP contribution in [0.1, 0.15) is 40.0 Å². The van der Waals surface area contributed by atoms with Gasteiger partial charge in [0.2, 0.25) is 0 Å². The van der Waals surface area contributed by atoms with E-state index in [1.807, 2.05) is 0 Å². The minimum atomic E-state index is -0.519. The van der Waals surface area contributed by atoms with Crippen LogP contribution in [0.2, 0.25) is 0 Å². The molecule has 0 aromatic heterocycles. The van der Waals surface area contributed by atoms with E-state index < -0.39 is 11.7 Å². The van der Waals surface area contributed by atoms with E-state index in [2.05, 4.69) is 5.32 Å². The first-order valence-corrected chi connectivity index (χ1v) is 6.77. The predicted molar refractivity (Wildman–Crippen MR) is 71.0 cm³/mol. The van der Waals surface area contributed by atoms with Crippen molar-refractivity contribution in [2.75, 3.05) is 26.2 Å². The van der Waals surface area contributed by atoms with Gasteiger partial charge in [0.05, 0.1) is 6.54 Å². The van der Waals surface area contributed by atoms with Crippen LogP contribution in [0.4, 0.5) is 9.59 Å². The van der Waals surface area contributed by atoms with Crippen molar-refractivity contribution in [1.82, 2.24) is 10.2 Å². The molecule has 1 aliphatic heterocycles. The van der Waals surface area contributed by atoms with E-state index in [1.54, 1.807) is 25.7 Å². The number of carbonyl (C=O) groups excluding carboxylic acids is 2. The fraction of sp³-hybridized carbons (Fsp3) is 0.846. The van der Waals surface area contributed by atoms with Gasteiger partial charge < -0.3 is 19.7 Å². The second-order valence-electron chi connectivity index (χ2n) is 5.59.